The number of imidazole rings is 1. The van der Waals surface area contributed by atoms with E-state index < -0.39 is 0 Å². The highest BCUT2D eigenvalue weighted by molar-refractivity contribution is 5.83. The number of aromatic amines is 1. The lowest BCUT2D eigenvalue weighted by Gasteiger charge is -1.89. The molecule has 0 spiro atoms. The van der Waals surface area contributed by atoms with Gasteiger partial charge in [-0.3, -0.25) is 0 Å². The molecule has 2 aromatic rings. The van der Waals surface area contributed by atoms with Crippen LogP contribution in [0, 0.1) is 0 Å². The first-order chi connectivity index (χ1) is 6.65. The van der Waals surface area contributed by atoms with Crippen LogP contribution in [0.5, 0.6) is 0 Å². The van der Waals surface area contributed by atoms with Crippen molar-refractivity contribution in [1.82, 2.24) is 9.97 Å². The first-order valence-corrected chi connectivity index (χ1v) is 4.00. The van der Waals surface area contributed by atoms with Gasteiger partial charge < -0.3 is 22.2 Å². The summed E-state index contributed by atoms with van der Waals surface area (Å²) in [6, 6.07) is 5.34. The van der Waals surface area contributed by atoms with Crippen molar-refractivity contribution in [3.63, 3.8) is 0 Å². The highest BCUT2D eigenvalue weighted by Gasteiger charge is 2.01. The van der Waals surface area contributed by atoms with Crippen molar-refractivity contribution in [2.45, 2.75) is 0 Å². The van der Waals surface area contributed by atoms with Crippen LogP contribution in [0.25, 0.3) is 11.0 Å². The van der Waals surface area contributed by atoms with E-state index in [4.69, 9.17) is 17.2 Å². The van der Waals surface area contributed by atoms with E-state index in [1.165, 1.54) is 0 Å². The molecule has 1 aromatic carbocycles. The predicted molar refractivity (Wildman–Crippen MR) is 56.0 cm³/mol. The normalized spacial score (nSPS) is 10.3. The minimum absolute atomic E-state index is 0.0305. The smallest absolute Gasteiger partial charge is 0.231 e. The van der Waals surface area contributed by atoms with Gasteiger partial charge in [-0.1, -0.05) is 0 Å². The molecule has 6 heteroatoms. The second-order valence-electron chi connectivity index (χ2n) is 2.87. The van der Waals surface area contributed by atoms with Gasteiger partial charge in [0.25, 0.3) is 0 Å². The first kappa shape index (κ1) is 8.36. The molecule has 0 bridgehead atoms. The Labute approximate surface area is 79.8 Å². The van der Waals surface area contributed by atoms with E-state index in [2.05, 4.69) is 15.0 Å². The van der Waals surface area contributed by atoms with Gasteiger partial charge in [-0.05, 0) is 18.2 Å². The average Bonchev–Trinajstić information content (AvgIpc) is 2.44. The highest BCUT2D eigenvalue weighted by atomic mass is 15.1. The molecule has 14 heavy (non-hydrogen) atoms. The Morgan fingerprint density at radius 2 is 2.14 bits per heavy atom. The Bertz CT molecular complexity index is 494. The summed E-state index contributed by atoms with van der Waals surface area (Å²) in [4.78, 5) is 10.9. The van der Waals surface area contributed by atoms with Crippen LogP contribution in [0.3, 0.4) is 0 Å². The van der Waals surface area contributed by atoms with E-state index in [-0.39, 0.29) is 5.96 Å². The Morgan fingerprint density at radius 3 is 2.86 bits per heavy atom. The monoisotopic (exact) mass is 190 g/mol. The van der Waals surface area contributed by atoms with Crippen molar-refractivity contribution in [3.05, 3.63) is 18.2 Å². The van der Waals surface area contributed by atoms with Gasteiger partial charge >= 0.3 is 0 Å². The largest absolute Gasteiger partial charge is 0.399 e. The van der Waals surface area contributed by atoms with Crippen LogP contribution in [-0.2, 0) is 0 Å². The number of aromatic nitrogens is 2. The third-order valence-corrected chi connectivity index (χ3v) is 1.73. The number of nitrogens with zero attached hydrogens (tertiary/aromatic N) is 2. The second-order valence-corrected chi connectivity index (χ2v) is 2.87. The van der Waals surface area contributed by atoms with Crippen LogP contribution < -0.4 is 17.2 Å². The van der Waals surface area contributed by atoms with E-state index in [0.29, 0.717) is 11.6 Å². The topological polar surface area (TPSA) is 119 Å². The van der Waals surface area contributed by atoms with Crippen LogP contribution in [0.1, 0.15) is 0 Å². The number of benzene rings is 1. The number of hydrogen-bond acceptors (Lipinski definition) is 3. The van der Waals surface area contributed by atoms with E-state index in [1.807, 2.05) is 0 Å². The van der Waals surface area contributed by atoms with Crippen molar-refractivity contribution < 1.29 is 0 Å². The van der Waals surface area contributed by atoms with Gasteiger partial charge in [0.05, 0.1) is 11.0 Å². The SMILES string of the molecule is NC(N)=Nc1nc2ccc(N)cc2[nH]1. The minimum atomic E-state index is -0.0305. The fourth-order valence-electron chi connectivity index (χ4n) is 1.19. The van der Waals surface area contributed by atoms with Crippen LogP contribution in [0.15, 0.2) is 23.2 Å². The molecule has 0 saturated carbocycles. The van der Waals surface area contributed by atoms with Gasteiger partial charge in [0.15, 0.2) is 5.96 Å². The minimum Gasteiger partial charge on any atom is -0.399 e. The molecule has 1 aromatic heterocycles. The van der Waals surface area contributed by atoms with Crippen LogP contribution in [0.2, 0.25) is 0 Å². The van der Waals surface area contributed by atoms with Gasteiger partial charge in [0.1, 0.15) is 0 Å². The maximum atomic E-state index is 5.60. The van der Waals surface area contributed by atoms with Gasteiger partial charge in [-0.25, -0.2) is 4.98 Å². The van der Waals surface area contributed by atoms with Gasteiger partial charge in [0.2, 0.25) is 5.95 Å². The van der Waals surface area contributed by atoms with E-state index >= 15 is 0 Å². The van der Waals surface area contributed by atoms with Crippen LogP contribution in [0.4, 0.5) is 11.6 Å². The van der Waals surface area contributed by atoms with E-state index in [9.17, 15) is 0 Å². The quantitative estimate of drug-likeness (QED) is 0.288. The summed E-state index contributed by atoms with van der Waals surface area (Å²) in [6.45, 7) is 0. The molecule has 72 valence electrons. The van der Waals surface area contributed by atoms with Gasteiger partial charge in [-0.15, -0.1) is 0 Å². The number of nitrogens with one attached hydrogen (secondary N) is 1. The fraction of sp³-hybridized carbons (Fsp3) is 0. The Balaban J connectivity index is 2.57. The number of H-pyrrole nitrogens is 1. The Kier molecular flexibility index (Phi) is 1.74. The number of nitrogen functional groups attached to an aromatic ring is 1. The molecular formula is C8H10N6. The van der Waals surface area contributed by atoms with Crippen molar-refractivity contribution in [1.29, 1.82) is 0 Å². The molecule has 0 fully saturated rings. The lowest BCUT2D eigenvalue weighted by atomic mass is 10.3. The molecule has 0 atom stereocenters. The zero-order valence-electron chi connectivity index (χ0n) is 7.36. The third-order valence-electron chi connectivity index (χ3n) is 1.73. The molecular weight excluding hydrogens is 180 g/mol. The molecule has 0 radical (unpaired) electrons. The number of anilines is 1. The second kappa shape index (κ2) is 2.91. The maximum Gasteiger partial charge on any atom is 0.231 e. The summed E-state index contributed by atoms with van der Waals surface area (Å²) < 4.78 is 0. The van der Waals surface area contributed by atoms with Crippen molar-refractivity contribution in [2.75, 3.05) is 5.73 Å². The summed E-state index contributed by atoms with van der Waals surface area (Å²) >= 11 is 0. The van der Waals surface area contributed by atoms with Crippen LogP contribution >= 0.6 is 0 Å². The lowest BCUT2D eigenvalue weighted by molar-refractivity contribution is 1.24. The van der Waals surface area contributed by atoms with Gasteiger partial charge in [0, 0.05) is 5.69 Å². The molecule has 0 aliphatic carbocycles. The molecule has 1 heterocycles. The third kappa shape index (κ3) is 1.45. The van der Waals surface area contributed by atoms with Gasteiger partial charge in [-0.2, -0.15) is 4.99 Å². The maximum absolute atomic E-state index is 5.60. The number of hydrogen-bond donors (Lipinski definition) is 4. The predicted octanol–water partition coefficient (Wildman–Crippen LogP) is 0.0500. The number of fused-ring (bicyclic) bond motifs is 1. The zero-order valence-corrected chi connectivity index (χ0v) is 7.36. The number of aliphatic imine (C=N–C) groups is 1. The lowest BCUT2D eigenvalue weighted by Crippen LogP contribution is -2.22. The highest BCUT2D eigenvalue weighted by Crippen LogP contribution is 2.18. The summed E-state index contributed by atoms with van der Waals surface area (Å²) in [5, 5.41) is 0. The molecule has 2 rings (SSSR count). The molecule has 0 amide bonds. The van der Waals surface area contributed by atoms with Crippen molar-refractivity contribution in [2.24, 2.45) is 16.5 Å². The van der Waals surface area contributed by atoms with E-state index in [0.717, 1.165) is 11.0 Å². The molecule has 0 aliphatic heterocycles. The number of rotatable bonds is 1. The zero-order chi connectivity index (χ0) is 10.1. The van der Waals surface area contributed by atoms with Crippen LogP contribution in [-0.4, -0.2) is 15.9 Å². The molecule has 6 nitrogen and oxygen atoms in total. The molecule has 0 aliphatic rings. The molecule has 7 N–H and O–H groups in total. The van der Waals surface area contributed by atoms with E-state index in [1.54, 1.807) is 18.2 Å². The average molecular weight is 190 g/mol. The Morgan fingerprint density at radius 1 is 1.36 bits per heavy atom. The fourth-order valence-corrected chi connectivity index (χ4v) is 1.19. The molecule has 0 unspecified atom stereocenters. The number of guanidine groups is 1. The standard InChI is InChI=1S/C8H10N6/c9-4-1-2-5-6(3-4)13-8(12-5)14-7(10)11/h1-3H,9H2,(H5,10,11,12,13,14). The number of nitrogens with two attached hydrogens (primary N) is 3. The summed E-state index contributed by atoms with van der Waals surface area (Å²) in [6.07, 6.45) is 0. The summed E-state index contributed by atoms with van der Waals surface area (Å²) in [5.74, 6) is 0.350. The molecule has 0 saturated heterocycles. The van der Waals surface area contributed by atoms with Crippen molar-refractivity contribution in [3.8, 4) is 0 Å². The Hall–Kier alpha value is -2.24. The van der Waals surface area contributed by atoms with Crippen molar-refractivity contribution >= 4 is 28.6 Å². The summed E-state index contributed by atoms with van der Waals surface area (Å²) in [7, 11) is 0. The first-order valence-electron chi connectivity index (χ1n) is 4.00. The summed E-state index contributed by atoms with van der Waals surface area (Å²) in [5.41, 5.74) is 18.3.